The summed E-state index contributed by atoms with van der Waals surface area (Å²) in [5.41, 5.74) is 1.78. The van der Waals surface area contributed by atoms with Crippen molar-refractivity contribution < 1.29 is 19.4 Å². The van der Waals surface area contributed by atoms with Crippen molar-refractivity contribution in [2.24, 2.45) is 5.92 Å². The number of carbonyl (C=O) groups is 2. The number of carbonyl (C=O) groups excluding carboxylic acids is 2. The molecule has 1 atom stereocenters. The van der Waals surface area contributed by atoms with Crippen molar-refractivity contribution in [2.45, 2.75) is 25.0 Å². The SMILES string of the molecule is O=C1COc2cc(C(=O)N[C@H](c3ccccn3)C3CC(O)C3)ccc2N1. The Kier molecular flexibility index (Phi) is 4.30. The predicted molar refractivity (Wildman–Crippen MR) is 93.7 cm³/mol. The maximum atomic E-state index is 12.8. The quantitative estimate of drug-likeness (QED) is 0.776. The number of hydrogen-bond acceptors (Lipinski definition) is 5. The maximum Gasteiger partial charge on any atom is 0.262 e. The van der Waals surface area contributed by atoms with Gasteiger partial charge in [-0.25, -0.2) is 0 Å². The molecule has 0 bridgehead atoms. The fourth-order valence-electron chi connectivity index (χ4n) is 3.34. The van der Waals surface area contributed by atoms with E-state index in [2.05, 4.69) is 15.6 Å². The van der Waals surface area contributed by atoms with Crippen molar-refractivity contribution in [3.05, 3.63) is 53.9 Å². The molecule has 0 spiro atoms. The summed E-state index contributed by atoms with van der Waals surface area (Å²) in [6.45, 7) is -0.0609. The molecule has 1 aliphatic heterocycles. The molecule has 0 saturated heterocycles. The number of hydrogen-bond donors (Lipinski definition) is 3. The highest BCUT2D eigenvalue weighted by Crippen LogP contribution is 2.37. The smallest absolute Gasteiger partial charge is 0.262 e. The molecule has 2 aromatic rings. The van der Waals surface area contributed by atoms with Crippen molar-refractivity contribution in [2.75, 3.05) is 11.9 Å². The first kappa shape index (κ1) is 16.5. The van der Waals surface area contributed by atoms with Gasteiger partial charge in [-0.3, -0.25) is 14.6 Å². The molecule has 134 valence electrons. The van der Waals surface area contributed by atoms with E-state index in [4.69, 9.17) is 4.74 Å². The number of pyridine rings is 1. The van der Waals surface area contributed by atoms with Crippen LogP contribution in [0.3, 0.4) is 0 Å². The number of nitrogens with one attached hydrogen (secondary N) is 2. The summed E-state index contributed by atoms with van der Waals surface area (Å²) in [5.74, 6) is 0.168. The minimum atomic E-state index is -0.316. The summed E-state index contributed by atoms with van der Waals surface area (Å²) in [6, 6.07) is 10.2. The van der Waals surface area contributed by atoms with Crippen LogP contribution in [0.15, 0.2) is 42.6 Å². The van der Waals surface area contributed by atoms with E-state index in [1.807, 2.05) is 18.2 Å². The lowest BCUT2D eigenvalue weighted by atomic mass is 9.76. The first-order valence-electron chi connectivity index (χ1n) is 8.56. The number of rotatable bonds is 4. The molecule has 26 heavy (non-hydrogen) atoms. The van der Waals surface area contributed by atoms with E-state index >= 15 is 0 Å². The summed E-state index contributed by atoms with van der Waals surface area (Å²) < 4.78 is 5.37. The van der Waals surface area contributed by atoms with Crippen molar-refractivity contribution in [3.8, 4) is 5.75 Å². The van der Waals surface area contributed by atoms with Gasteiger partial charge in [0.15, 0.2) is 6.61 Å². The van der Waals surface area contributed by atoms with Crippen LogP contribution >= 0.6 is 0 Å². The Morgan fingerprint density at radius 3 is 2.88 bits per heavy atom. The number of amides is 2. The number of ether oxygens (including phenoxy) is 1. The predicted octanol–water partition coefficient (Wildman–Crippen LogP) is 1.65. The van der Waals surface area contributed by atoms with Gasteiger partial charge < -0.3 is 20.5 Å². The van der Waals surface area contributed by atoms with E-state index in [0.29, 0.717) is 29.8 Å². The Balaban J connectivity index is 1.54. The van der Waals surface area contributed by atoms with Gasteiger partial charge in [0.1, 0.15) is 5.75 Å². The Morgan fingerprint density at radius 2 is 2.15 bits per heavy atom. The topological polar surface area (TPSA) is 101 Å². The molecular weight excluding hydrogens is 334 g/mol. The molecule has 2 heterocycles. The normalized spacial score (nSPS) is 22.3. The van der Waals surface area contributed by atoms with Gasteiger partial charge in [0, 0.05) is 11.8 Å². The van der Waals surface area contributed by atoms with Crippen LogP contribution in [0, 0.1) is 5.92 Å². The summed E-state index contributed by atoms with van der Waals surface area (Å²) in [7, 11) is 0. The third kappa shape index (κ3) is 3.25. The summed E-state index contributed by atoms with van der Waals surface area (Å²) in [4.78, 5) is 28.5. The largest absolute Gasteiger partial charge is 0.482 e. The van der Waals surface area contributed by atoms with Crippen LogP contribution in [-0.2, 0) is 4.79 Å². The molecular formula is C19H19N3O4. The van der Waals surface area contributed by atoms with Crippen LogP contribution in [0.2, 0.25) is 0 Å². The van der Waals surface area contributed by atoms with Gasteiger partial charge in [-0.1, -0.05) is 6.07 Å². The van der Waals surface area contributed by atoms with Gasteiger partial charge in [0.2, 0.25) is 0 Å². The van der Waals surface area contributed by atoms with Crippen molar-refractivity contribution in [1.82, 2.24) is 10.3 Å². The molecule has 1 aliphatic carbocycles. The molecule has 0 unspecified atom stereocenters. The van der Waals surface area contributed by atoms with Gasteiger partial charge in [-0.2, -0.15) is 0 Å². The van der Waals surface area contributed by atoms with Crippen molar-refractivity contribution in [1.29, 1.82) is 0 Å². The Morgan fingerprint density at radius 1 is 1.31 bits per heavy atom. The van der Waals surface area contributed by atoms with Gasteiger partial charge in [0.05, 0.1) is 23.5 Å². The first-order chi connectivity index (χ1) is 12.6. The highest BCUT2D eigenvalue weighted by atomic mass is 16.5. The van der Waals surface area contributed by atoms with E-state index < -0.39 is 0 Å². The van der Waals surface area contributed by atoms with Crippen LogP contribution in [0.4, 0.5) is 5.69 Å². The number of anilines is 1. The van der Waals surface area contributed by atoms with E-state index in [9.17, 15) is 14.7 Å². The molecule has 7 nitrogen and oxygen atoms in total. The summed E-state index contributed by atoms with van der Waals surface area (Å²) in [5, 5.41) is 15.4. The lowest BCUT2D eigenvalue weighted by molar-refractivity contribution is -0.118. The lowest BCUT2D eigenvalue weighted by Crippen LogP contribution is -2.41. The molecule has 1 fully saturated rings. The van der Waals surface area contributed by atoms with Crippen LogP contribution in [-0.4, -0.2) is 34.6 Å². The zero-order valence-corrected chi connectivity index (χ0v) is 14.0. The monoisotopic (exact) mass is 353 g/mol. The fourth-order valence-corrected chi connectivity index (χ4v) is 3.34. The number of nitrogens with zero attached hydrogens (tertiary/aromatic N) is 1. The van der Waals surface area contributed by atoms with E-state index in [1.54, 1.807) is 24.4 Å². The average Bonchev–Trinajstić information content (AvgIpc) is 2.64. The zero-order valence-electron chi connectivity index (χ0n) is 14.0. The second-order valence-corrected chi connectivity index (χ2v) is 6.64. The van der Waals surface area contributed by atoms with Crippen molar-refractivity contribution >= 4 is 17.5 Å². The number of aliphatic hydroxyl groups is 1. The standard InChI is InChI=1S/C19H19N3O4/c23-13-7-12(8-13)18(15-3-1-2-6-20-15)22-19(25)11-4-5-14-16(9-11)26-10-17(24)21-14/h1-6,9,12-13,18,23H,7-8,10H2,(H,21,24)(H,22,25)/t12?,13?,18-/m0/s1. The lowest BCUT2D eigenvalue weighted by Gasteiger charge is -2.37. The van der Waals surface area contributed by atoms with E-state index in [0.717, 1.165) is 5.69 Å². The minimum absolute atomic E-state index is 0.0609. The Labute approximate surface area is 150 Å². The number of aromatic nitrogens is 1. The molecule has 4 rings (SSSR count). The maximum absolute atomic E-state index is 12.8. The Bertz CT molecular complexity index is 834. The number of aliphatic hydroxyl groups excluding tert-OH is 1. The fraction of sp³-hybridized carbons (Fsp3) is 0.316. The third-order valence-corrected chi connectivity index (χ3v) is 4.79. The van der Waals surface area contributed by atoms with Crippen LogP contribution in [0.1, 0.15) is 34.9 Å². The molecule has 0 radical (unpaired) electrons. The summed E-state index contributed by atoms with van der Waals surface area (Å²) >= 11 is 0. The van der Waals surface area contributed by atoms with Crippen LogP contribution in [0.5, 0.6) is 5.75 Å². The Hall–Kier alpha value is -2.93. The van der Waals surface area contributed by atoms with Gasteiger partial charge in [-0.15, -0.1) is 0 Å². The first-order valence-corrected chi connectivity index (χ1v) is 8.56. The van der Waals surface area contributed by atoms with Crippen molar-refractivity contribution in [3.63, 3.8) is 0 Å². The van der Waals surface area contributed by atoms with Gasteiger partial charge >= 0.3 is 0 Å². The third-order valence-electron chi connectivity index (χ3n) is 4.79. The summed E-state index contributed by atoms with van der Waals surface area (Å²) in [6.07, 6.45) is 2.66. The van der Waals surface area contributed by atoms with Gasteiger partial charge in [0.25, 0.3) is 11.8 Å². The highest BCUT2D eigenvalue weighted by molar-refractivity contribution is 5.99. The molecule has 1 aromatic carbocycles. The van der Waals surface area contributed by atoms with E-state index in [1.165, 1.54) is 0 Å². The molecule has 2 aliphatic rings. The molecule has 1 aromatic heterocycles. The van der Waals surface area contributed by atoms with Gasteiger partial charge in [-0.05, 0) is 49.1 Å². The molecule has 7 heteroatoms. The highest BCUT2D eigenvalue weighted by Gasteiger charge is 2.36. The minimum Gasteiger partial charge on any atom is -0.482 e. The van der Waals surface area contributed by atoms with Crippen LogP contribution in [0.25, 0.3) is 0 Å². The second-order valence-electron chi connectivity index (χ2n) is 6.64. The average molecular weight is 353 g/mol. The molecule has 3 N–H and O–H groups in total. The number of fused-ring (bicyclic) bond motifs is 1. The number of benzene rings is 1. The molecule has 2 amide bonds. The van der Waals surface area contributed by atoms with E-state index in [-0.39, 0.29) is 36.5 Å². The molecule has 1 saturated carbocycles. The zero-order chi connectivity index (χ0) is 18.1. The van der Waals surface area contributed by atoms with Crippen LogP contribution < -0.4 is 15.4 Å². The second kappa shape index (κ2) is 6.76.